The molecule has 0 radical (unpaired) electrons. The molecule has 1 aliphatic carbocycles. The van der Waals surface area contributed by atoms with Crippen LogP contribution in [0.15, 0.2) is 52.9 Å². The minimum atomic E-state index is -0.689. The van der Waals surface area contributed by atoms with Crippen molar-refractivity contribution >= 4 is 16.9 Å². The normalized spacial score (nSPS) is 14.4. The summed E-state index contributed by atoms with van der Waals surface area (Å²) in [5, 5.41) is 9.05. The van der Waals surface area contributed by atoms with E-state index >= 15 is 0 Å². The van der Waals surface area contributed by atoms with Gasteiger partial charge >= 0.3 is 5.97 Å². The van der Waals surface area contributed by atoms with Crippen molar-refractivity contribution in [1.29, 1.82) is 0 Å². The molecule has 168 valence electrons. The zero-order valence-corrected chi connectivity index (χ0v) is 18.7. The number of para-hydroxylation sites is 1. The van der Waals surface area contributed by atoms with Crippen LogP contribution in [0, 0.1) is 0 Å². The van der Waals surface area contributed by atoms with E-state index in [4.69, 9.17) is 18.9 Å². The maximum absolute atomic E-state index is 13.4. The van der Waals surface area contributed by atoms with Gasteiger partial charge in [-0.1, -0.05) is 24.6 Å². The van der Waals surface area contributed by atoms with Gasteiger partial charge in [0, 0.05) is 16.6 Å². The zero-order valence-electron chi connectivity index (χ0n) is 18.7. The van der Waals surface area contributed by atoms with Crippen molar-refractivity contribution in [3.8, 4) is 17.2 Å². The van der Waals surface area contributed by atoms with Gasteiger partial charge in [-0.05, 0) is 68.5 Å². The molecule has 1 unspecified atom stereocenters. The molecule has 0 aliphatic heterocycles. The maximum Gasteiger partial charge on any atom is 0.339 e. The first-order valence-corrected chi connectivity index (χ1v) is 11.2. The summed E-state index contributed by atoms with van der Waals surface area (Å²) in [6.45, 7) is 1.74. The van der Waals surface area contributed by atoms with Crippen molar-refractivity contribution < 1.29 is 18.7 Å². The van der Waals surface area contributed by atoms with Crippen LogP contribution in [-0.2, 0) is 17.6 Å². The molecule has 2 aromatic carbocycles. The van der Waals surface area contributed by atoms with E-state index in [0.717, 1.165) is 65.6 Å². The molecule has 33 heavy (non-hydrogen) atoms. The van der Waals surface area contributed by atoms with Gasteiger partial charge < -0.3 is 13.9 Å². The number of benzene rings is 2. The molecular formula is C26H25N3O4. The lowest BCUT2D eigenvalue weighted by atomic mass is 9.97. The van der Waals surface area contributed by atoms with Crippen molar-refractivity contribution in [1.82, 2.24) is 15.2 Å². The highest BCUT2D eigenvalue weighted by Gasteiger charge is 2.26. The minimum Gasteiger partial charge on any atom is -0.497 e. The average Bonchev–Trinajstić information content (AvgIpc) is 3.23. The molecular weight excluding hydrogens is 418 g/mol. The average molecular weight is 444 g/mol. The number of pyridine rings is 1. The zero-order chi connectivity index (χ0) is 22.8. The summed E-state index contributed by atoms with van der Waals surface area (Å²) in [6.07, 6.45) is 4.27. The Balaban J connectivity index is 1.43. The molecule has 0 saturated carbocycles. The van der Waals surface area contributed by atoms with E-state index in [1.807, 2.05) is 48.5 Å². The van der Waals surface area contributed by atoms with E-state index in [9.17, 15) is 4.79 Å². The first-order chi connectivity index (χ1) is 16.1. The summed E-state index contributed by atoms with van der Waals surface area (Å²) in [5.41, 5.74) is 4.20. The SMILES string of the molecule is COc1ccc(-c2nnc(C(C)OC(=O)c3c4c(nc5ccccc35)CCCCC4)o2)cc1. The van der Waals surface area contributed by atoms with Crippen LogP contribution >= 0.6 is 0 Å². The Morgan fingerprint density at radius 1 is 1.00 bits per heavy atom. The lowest BCUT2D eigenvalue weighted by Crippen LogP contribution is -2.14. The first kappa shape index (κ1) is 21.1. The van der Waals surface area contributed by atoms with Gasteiger partial charge in [0.2, 0.25) is 5.89 Å². The Hall–Kier alpha value is -3.74. The molecule has 0 spiro atoms. The molecule has 0 saturated heterocycles. The number of ether oxygens (including phenoxy) is 2. The monoisotopic (exact) mass is 443 g/mol. The largest absolute Gasteiger partial charge is 0.497 e. The summed E-state index contributed by atoms with van der Waals surface area (Å²) in [6, 6.07) is 15.1. The van der Waals surface area contributed by atoms with Gasteiger partial charge in [0.1, 0.15) is 5.75 Å². The van der Waals surface area contributed by atoms with Crippen LogP contribution < -0.4 is 4.74 Å². The van der Waals surface area contributed by atoms with Crippen LogP contribution in [0.25, 0.3) is 22.4 Å². The van der Waals surface area contributed by atoms with Gasteiger partial charge in [-0.15, -0.1) is 10.2 Å². The summed E-state index contributed by atoms with van der Waals surface area (Å²) in [5.74, 6) is 0.963. The molecule has 2 heterocycles. The summed E-state index contributed by atoms with van der Waals surface area (Å²) in [4.78, 5) is 18.3. The fraction of sp³-hybridized carbons (Fsp3) is 0.308. The van der Waals surface area contributed by atoms with Crippen molar-refractivity contribution in [2.75, 3.05) is 7.11 Å². The lowest BCUT2D eigenvalue weighted by Gasteiger charge is -2.16. The molecule has 7 nitrogen and oxygen atoms in total. The number of methoxy groups -OCH3 is 1. The molecule has 0 bridgehead atoms. The second kappa shape index (κ2) is 9.02. The van der Waals surface area contributed by atoms with Gasteiger partial charge in [0.15, 0.2) is 6.10 Å². The van der Waals surface area contributed by atoms with Gasteiger partial charge in [0.25, 0.3) is 5.89 Å². The Morgan fingerprint density at radius 3 is 2.61 bits per heavy atom. The molecule has 1 atom stereocenters. The van der Waals surface area contributed by atoms with Crippen molar-refractivity contribution in [2.24, 2.45) is 0 Å². The molecule has 7 heteroatoms. The number of rotatable bonds is 5. The Bertz CT molecular complexity index is 1300. The van der Waals surface area contributed by atoms with E-state index in [2.05, 4.69) is 10.2 Å². The van der Waals surface area contributed by atoms with Crippen LogP contribution in [0.2, 0.25) is 0 Å². The Morgan fingerprint density at radius 2 is 1.79 bits per heavy atom. The third-order valence-electron chi connectivity index (χ3n) is 6.03. The minimum absolute atomic E-state index is 0.249. The molecule has 4 aromatic rings. The third-order valence-corrected chi connectivity index (χ3v) is 6.03. The number of hydrogen-bond donors (Lipinski definition) is 0. The molecule has 1 aliphatic rings. The smallest absolute Gasteiger partial charge is 0.339 e. The maximum atomic E-state index is 13.4. The highest BCUT2D eigenvalue weighted by molar-refractivity contribution is 6.05. The van der Waals surface area contributed by atoms with E-state index in [0.29, 0.717) is 11.5 Å². The topological polar surface area (TPSA) is 87.3 Å². The van der Waals surface area contributed by atoms with Gasteiger partial charge in [-0.2, -0.15) is 0 Å². The Labute approximate surface area is 191 Å². The number of nitrogens with zero attached hydrogens (tertiary/aromatic N) is 3. The van der Waals surface area contributed by atoms with Crippen molar-refractivity contribution in [3.63, 3.8) is 0 Å². The molecule has 0 N–H and O–H groups in total. The quantitative estimate of drug-likeness (QED) is 0.298. The lowest BCUT2D eigenvalue weighted by molar-refractivity contribution is 0.0280. The number of carbonyl (C=O) groups excluding carboxylic acids is 1. The van der Waals surface area contributed by atoms with Crippen molar-refractivity contribution in [3.05, 3.63) is 71.2 Å². The number of esters is 1. The standard InChI is InChI=1S/C26H25N3O4/c1-16(24-28-29-25(33-24)17-12-14-18(31-2)15-13-17)32-26(30)23-19-8-4-3-5-10-21(19)27-22-11-7-6-9-20(22)23/h6-7,9,11-16H,3-5,8,10H2,1-2H3. The predicted molar refractivity (Wildman–Crippen MR) is 123 cm³/mol. The van der Waals surface area contributed by atoms with E-state index in [-0.39, 0.29) is 11.9 Å². The van der Waals surface area contributed by atoms with Crippen molar-refractivity contribution in [2.45, 2.75) is 45.1 Å². The second-order valence-corrected chi connectivity index (χ2v) is 8.21. The fourth-order valence-electron chi connectivity index (χ4n) is 4.30. The number of hydrogen-bond acceptors (Lipinski definition) is 7. The molecule has 0 amide bonds. The van der Waals surface area contributed by atoms with Crippen LogP contribution in [0.3, 0.4) is 0 Å². The van der Waals surface area contributed by atoms with E-state index in [1.54, 1.807) is 14.0 Å². The van der Waals surface area contributed by atoms with E-state index in [1.165, 1.54) is 0 Å². The number of carbonyl (C=O) groups is 1. The number of aromatic nitrogens is 3. The second-order valence-electron chi connectivity index (χ2n) is 8.21. The van der Waals surface area contributed by atoms with E-state index < -0.39 is 6.10 Å². The number of aryl methyl sites for hydroxylation is 1. The van der Waals surface area contributed by atoms with Gasteiger partial charge in [0.05, 0.1) is 18.2 Å². The van der Waals surface area contributed by atoms with Crippen LogP contribution in [0.5, 0.6) is 5.75 Å². The van der Waals surface area contributed by atoms with Crippen LogP contribution in [0.1, 0.15) is 59.8 Å². The summed E-state index contributed by atoms with van der Waals surface area (Å²) in [7, 11) is 1.61. The molecule has 0 fully saturated rings. The van der Waals surface area contributed by atoms with Crippen LogP contribution in [-0.4, -0.2) is 28.3 Å². The van der Waals surface area contributed by atoms with Gasteiger partial charge in [-0.25, -0.2) is 4.79 Å². The summed E-state index contributed by atoms with van der Waals surface area (Å²) < 4.78 is 16.8. The molecule has 2 aromatic heterocycles. The number of fused-ring (bicyclic) bond motifs is 2. The third kappa shape index (κ3) is 4.18. The highest BCUT2D eigenvalue weighted by Crippen LogP contribution is 2.31. The summed E-state index contributed by atoms with van der Waals surface area (Å²) >= 11 is 0. The highest BCUT2D eigenvalue weighted by atomic mass is 16.6. The fourth-order valence-corrected chi connectivity index (χ4v) is 4.30. The molecule has 5 rings (SSSR count). The predicted octanol–water partition coefficient (Wildman–Crippen LogP) is 5.48. The first-order valence-electron chi connectivity index (χ1n) is 11.2. The van der Waals surface area contributed by atoms with Crippen LogP contribution in [0.4, 0.5) is 0 Å². The Kier molecular flexibility index (Phi) is 5.77. The van der Waals surface area contributed by atoms with Gasteiger partial charge in [-0.3, -0.25) is 4.98 Å².